The highest BCUT2D eigenvalue weighted by Crippen LogP contribution is 2.40. The zero-order valence-corrected chi connectivity index (χ0v) is 79.6. The second kappa shape index (κ2) is 50.0. The molecule has 6 N–H and O–H groups in total. The van der Waals surface area contributed by atoms with Crippen LogP contribution in [-0.2, 0) is 51.3 Å². The van der Waals surface area contributed by atoms with Crippen molar-refractivity contribution in [1.82, 2.24) is 40.6 Å². The van der Waals surface area contributed by atoms with Crippen LogP contribution in [0.15, 0.2) is 229 Å². The number of likely N-dealkylation sites (N-methyl/N-ethyl adjacent to an activating group) is 2. The maximum Gasteiger partial charge on any atom is 0.303 e. The van der Waals surface area contributed by atoms with Gasteiger partial charge in [-0.1, -0.05) is 250 Å². The van der Waals surface area contributed by atoms with Crippen LogP contribution in [0.4, 0.5) is 0 Å². The number of allylic oxidation sites excluding steroid dienone is 2. The SMILES string of the molecule is CC/C(=C(\c1ccccc1)c1ccc(OCCN(C)C(=O)CCCCC(=O)N[C@H](C(=O)N2C[C@H](O)C[C@H]2C(=O)NCc2ccc(-c3scnc3C)cc2)C(C)(C)C)cc1)c1ccccc1.CC/C(=C(\c1ccccc1)c1ccc(OCCNC)cc1)c1ccccc1.Cc1ncsc1-c1ccc(CCC(=O)[C@@H]2C[C@@H](O)CN2C(=O)[C@@H](CC(=O)CCCCC(=O)O)C(C)(C)C)cc1. The molecule has 2 saturated heterocycles. The summed E-state index contributed by atoms with van der Waals surface area (Å²) in [6, 6.07) is 72.2. The predicted octanol–water partition coefficient (Wildman–Crippen LogP) is 19.2. The normalized spacial score (nSPS) is 15.7. The summed E-state index contributed by atoms with van der Waals surface area (Å²) in [5.74, 6) is -1.48. The Labute approximate surface area is 781 Å². The topological polar surface area (TPSA) is 287 Å². The molecule has 0 aliphatic carbocycles. The number of Topliss-reactive ketones (excluding diaryl/α,β-unsaturated/α-hetero) is 2. The number of carboxylic acid groups (broad SMARTS) is 1. The maximum atomic E-state index is 14.0. The number of aliphatic hydroxyl groups is 2. The number of carbonyl (C=O) groups is 8. The van der Waals surface area contributed by atoms with E-state index in [-0.39, 0.29) is 106 Å². The summed E-state index contributed by atoms with van der Waals surface area (Å²) >= 11 is 3.17. The fourth-order valence-corrected chi connectivity index (χ4v) is 18.2. The first-order valence-corrected chi connectivity index (χ1v) is 47.5. The Hall–Kier alpha value is -11.9. The number of thiazole rings is 2. The van der Waals surface area contributed by atoms with Gasteiger partial charge in [0, 0.05) is 90.5 Å². The van der Waals surface area contributed by atoms with Gasteiger partial charge in [0.15, 0.2) is 5.78 Å². The molecule has 0 spiro atoms. The summed E-state index contributed by atoms with van der Waals surface area (Å²) in [6.07, 6.45) is 3.81. The Morgan fingerprint density at radius 1 is 0.511 bits per heavy atom. The highest BCUT2D eigenvalue weighted by Gasteiger charge is 2.46. The maximum absolute atomic E-state index is 14.0. The minimum atomic E-state index is -0.923. The number of nitrogens with zero attached hydrogens (tertiary/aromatic N) is 5. The van der Waals surface area contributed by atoms with Crippen molar-refractivity contribution < 1.29 is 63.1 Å². The summed E-state index contributed by atoms with van der Waals surface area (Å²) in [7, 11) is 3.68. The zero-order chi connectivity index (χ0) is 94.2. The van der Waals surface area contributed by atoms with Gasteiger partial charge in [-0.25, -0.2) is 9.97 Å². The van der Waals surface area contributed by atoms with Crippen molar-refractivity contribution in [1.29, 1.82) is 0 Å². The molecule has 2 aliphatic rings. The van der Waals surface area contributed by atoms with Crippen molar-refractivity contribution in [2.75, 3.05) is 53.5 Å². The molecule has 2 fully saturated rings. The minimum Gasteiger partial charge on any atom is -0.492 e. The Morgan fingerprint density at radius 2 is 0.947 bits per heavy atom. The molecule has 12 rings (SSSR count). The van der Waals surface area contributed by atoms with Crippen molar-refractivity contribution in [3.8, 4) is 32.4 Å². The van der Waals surface area contributed by atoms with Crippen LogP contribution in [0.5, 0.6) is 11.5 Å². The summed E-state index contributed by atoms with van der Waals surface area (Å²) in [6.45, 7) is 22.2. The molecule has 0 bridgehead atoms. The number of aromatic nitrogens is 2. The van der Waals surface area contributed by atoms with E-state index in [1.54, 1.807) is 34.6 Å². The number of carbonyl (C=O) groups excluding carboxylic acids is 7. The third-order valence-corrected chi connectivity index (χ3v) is 25.8. The molecule has 0 unspecified atom stereocenters. The smallest absolute Gasteiger partial charge is 0.303 e. The number of aliphatic carboxylic acids is 1. The van der Waals surface area contributed by atoms with E-state index in [9.17, 15) is 48.6 Å². The number of unbranched alkanes of at least 4 members (excludes halogenated alkanes) is 2. The summed E-state index contributed by atoms with van der Waals surface area (Å²) < 4.78 is 11.8. The van der Waals surface area contributed by atoms with Crippen LogP contribution in [0.3, 0.4) is 0 Å². The zero-order valence-electron chi connectivity index (χ0n) is 77.9. The van der Waals surface area contributed by atoms with Crippen LogP contribution in [-0.4, -0.2) is 171 Å². The number of β-amino-alcohol motifs (C(OH)–C–C–N with tert-alkyl or cyclic N) is 2. The number of amides is 5. The fraction of sp³-hybridized carbons (Fsp3) is 0.389. The predicted molar refractivity (Wildman–Crippen MR) is 524 cm³/mol. The Balaban J connectivity index is 0.000000227. The first-order chi connectivity index (χ1) is 62.9. The lowest BCUT2D eigenvalue weighted by molar-refractivity contribution is -0.146. The first kappa shape index (κ1) is 101. The molecule has 10 aromatic rings. The number of rotatable bonds is 40. The number of nitrogens with one attached hydrogen (secondary N) is 3. The van der Waals surface area contributed by atoms with Gasteiger partial charge in [0.05, 0.1) is 57.0 Å². The lowest BCUT2D eigenvalue weighted by atomic mass is 9.76. The van der Waals surface area contributed by atoms with Gasteiger partial charge in [-0.15, -0.1) is 22.7 Å². The van der Waals surface area contributed by atoms with Gasteiger partial charge < -0.3 is 55.4 Å². The van der Waals surface area contributed by atoms with Crippen LogP contribution >= 0.6 is 22.7 Å². The summed E-state index contributed by atoms with van der Waals surface area (Å²) in [4.78, 5) is 119. The molecule has 131 heavy (non-hydrogen) atoms. The molecule has 4 heterocycles. The van der Waals surface area contributed by atoms with E-state index in [1.165, 1.54) is 54.3 Å². The number of ketones is 2. The number of aliphatic hydroxyl groups excluding tert-OH is 2. The van der Waals surface area contributed by atoms with E-state index in [4.69, 9.17) is 14.6 Å². The van der Waals surface area contributed by atoms with Crippen molar-refractivity contribution in [2.24, 2.45) is 16.7 Å². The molecule has 5 amide bonds. The van der Waals surface area contributed by atoms with Gasteiger partial charge in [0.2, 0.25) is 29.5 Å². The van der Waals surface area contributed by atoms with E-state index >= 15 is 0 Å². The second-order valence-corrected chi connectivity index (χ2v) is 37.5. The van der Waals surface area contributed by atoms with Gasteiger partial charge in [0.1, 0.15) is 42.6 Å². The van der Waals surface area contributed by atoms with Gasteiger partial charge in [0.25, 0.3) is 0 Å². The highest BCUT2D eigenvalue weighted by atomic mass is 32.1. The van der Waals surface area contributed by atoms with Gasteiger partial charge >= 0.3 is 5.97 Å². The molecule has 6 atom stereocenters. The molecule has 692 valence electrons. The highest BCUT2D eigenvalue weighted by molar-refractivity contribution is 7.13. The molecule has 2 aliphatic heterocycles. The van der Waals surface area contributed by atoms with Crippen molar-refractivity contribution >= 4 is 92.0 Å². The molecule has 21 nitrogen and oxygen atoms in total. The Bertz CT molecular complexity index is 5420. The van der Waals surface area contributed by atoms with Crippen LogP contribution in [0.2, 0.25) is 0 Å². The molecule has 0 saturated carbocycles. The lowest BCUT2D eigenvalue weighted by Gasteiger charge is -2.35. The fourth-order valence-electron chi connectivity index (χ4n) is 16.6. The number of likely N-dealkylation sites (tertiary alicyclic amines) is 2. The second-order valence-electron chi connectivity index (χ2n) is 35.8. The largest absolute Gasteiger partial charge is 0.492 e. The van der Waals surface area contributed by atoms with E-state index < -0.39 is 59.0 Å². The molecule has 0 radical (unpaired) electrons. The number of ether oxygens (including phenoxy) is 2. The van der Waals surface area contributed by atoms with Crippen LogP contribution in [0, 0.1) is 30.6 Å². The van der Waals surface area contributed by atoms with Crippen LogP contribution < -0.4 is 25.4 Å². The third kappa shape index (κ3) is 29.8. The number of carboxylic acids is 1. The Morgan fingerprint density at radius 3 is 1.40 bits per heavy atom. The van der Waals surface area contributed by atoms with E-state index in [2.05, 4.69) is 185 Å². The van der Waals surface area contributed by atoms with Crippen LogP contribution in [0.25, 0.3) is 43.2 Å². The standard InChI is InChI=1S/C53H63N5O6S.C30H40N2O6S.C25H27NO/c1-7-44(38-16-10-8-11-17-38)48(39-18-12-9-13-19-39)40-26-28-43(29-27-40)64-31-30-57(6)47(61)21-15-14-20-46(60)56-50(53(3,4)5)52(63)58-34-42(59)32-45(58)51(62)54-33-37-22-24-41(25-23-37)49-36(2)55-35-65-49;1-19-28(39-18-31-19)21-12-9-20(10-13-21)11-14-26(35)25-16-23(34)17-32(25)29(38)24(30(2,3)4)15-22(33)7-5-6-8-27(36)37;1-3-24(20-10-6-4-7-11-20)25(21-12-8-5-9-13-21)22-14-16-23(17-15-22)27-19-18-26-2/h8-13,16-19,22-29,35,42,45,50,59H,7,14-15,20-21,30-34H2,1-6H3,(H,54,62)(H,56,60);9-10,12-13,18,23-25,34H,5-8,11,14-17H2,1-4H3,(H,36,37);4-17,26H,3,18-19H2,1-2H3/b48-44-;;25-24-/t42-,45+,50-;23-,24-,25+;/m11./s1. The molecular weight excluding hydrogens is 1680 g/mol. The van der Waals surface area contributed by atoms with Crippen molar-refractivity contribution in [2.45, 2.75) is 202 Å². The van der Waals surface area contributed by atoms with E-state index in [0.717, 1.165) is 85.4 Å². The average Bonchev–Trinajstić information content (AvgIpc) is 1.52. The monoisotopic (exact) mass is 1810 g/mol. The Kier molecular flexibility index (Phi) is 38.6. The first-order valence-electron chi connectivity index (χ1n) is 45.7. The number of hydrogen-bond donors (Lipinski definition) is 6. The number of hydrogen-bond acceptors (Lipinski definition) is 17. The van der Waals surface area contributed by atoms with Crippen molar-refractivity contribution in [3.63, 3.8) is 0 Å². The molecule has 8 aromatic carbocycles. The average molecular weight is 1810 g/mol. The third-order valence-electron chi connectivity index (χ3n) is 23.9. The summed E-state index contributed by atoms with van der Waals surface area (Å²) in [5, 5.41) is 38.7. The van der Waals surface area contributed by atoms with Gasteiger partial charge in [-0.3, -0.25) is 38.4 Å². The molecule has 23 heteroatoms. The van der Waals surface area contributed by atoms with E-state index in [0.29, 0.717) is 51.9 Å². The number of aryl methyl sites for hydroxylation is 3. The van der Waals surface area contributed by atoms with Crippen molar-refractivity contribution in [3.05, 3.63) is 285 Å². The van der Waals surface area contributed by atoms with E-state index in [1.807, 2.05) is 146 Å². The van der Waals surface area contributed by atoms with Crippen LogP contribution in [0.1, 0.15) is 201 Å². The molecular formula is C108H130N8O13S2. The van der Waals surface area contributed by atoms with Gasteiger partial charge in [-0.05, 0) is 179 Å². The minimum absolute atomic E-state index is 0.00257. The van der Waals surface area contributed by atoms with Gasteiger partial charge in [-0.2, -0.15) is 0 Å². The quantitative estimate of drug-likeness (QED) is 0.0154. The molecule has 2 aromatic heterocycles. The number of benzene rings is 8. The lowest BCUT2D eigenvalue weighted by Crippen LogP contribution is -2.57. The summed E-state index contributed by atoms with van der Waals surface area (Å²) in [5.41, 5.74) is 20.7.